The zero-order valence-corrected chi connectivity index (χ0v) is 12.5. The van der Waals surface area contributed by atoms with E-state index < -0.39 is 0 Å². The monoisotopic (exact) mass is 283 g/mol. The van der Waals surface area contributed by atoms with Crippen LogP contribution >= 0.6 is 0 Å². The van der Waals surface area contributed by atoms with Crippen LogP contribution in [0, 0.1) is 5.82 Å². The number of fused-ring (bicyclic) bond motifs is 1. The zero-order chi connectivity index (χ0) is 14.7. The van der Waals surface area contributed by atoms with Gasteiger partial charge in [0.15, 0.2) is 0 Å². The number of unbranched alkanes of at least 4 members (excludes halogenated alkanes) is 1. The highest BCUT2D eigenvalue weighted by Crippen LogP contribution is 2.32. The standard InChI is InChI=1S/C19H22FN/c1-2-3-9-17-12-15-10-11-16(20)13-18(15)19(21-17)14-7-5-4-6-8-14/h4-8,10-11,13,17,19,21H,2-3,9,12H2,1H3/t17-,19-/m1/s1. The number of rotatable bonds is 4. The maximum Gasteiger partial charge on any atom is 0.123 e. The fourth-order valence-corrected chi connectivity index (χ4v) is 3.23. The van der Waals surface area contributed by atoms with Crippen molar-refractivity contribution in [1.82, 2.24) is 5.32 Å². The SMILES string of the molecule is CCCC[C@@H]1Cc2ccc(F)cc2[C@@H](c2ccccc2)N1. The van der Waals surface area contributed by atoms with Crippen LogP contribution in [0.4, 0.5) is 4.39 Å². The van der Waals surface area contributed by atoms with E-state index in [2.05, 4.69) is 24.4 Å². The van der Waals surface area contributed by atoms with Crippen LogP contribution in [0.2, 0.25) is 0 Å². The smallest absolute Gasteiger partial charge is 0.123 e. The van der Waals surface area contributed by atoms with Gasteiger partial charge < -0.3 is 5.32 Å². The molecule has 1 aliphatic rings. The van der Waals surface area contributed by atoms with Crippen molar-refractivity contribution in [3.05, 3.63) is 71.0 Å². The predicted octanol–water partition coefficient (Wildman–Crippen LogP) is 4.62. The normalized spacial score (nSPS) is 21.0. The third-order valence-electron chi connectivity index (χ3n) is 4.33. The van der Waals surface area contributed by atoms with Gasteiger partial charge in [-0.1, -0.05) is 56.2 Å². The van der Waals surface area contributed by atoms with Gasteiger partial charge in [0.05, 0.1) is 6.04 Å². The van der Waals surface area contributed by atoms with E-state index in [0.717, 1.165) is 12.0 Å². The van der Waals surface area contributed by atoms with Gasteiger partial charge in [-0.05, 0) is 41.7 Å². The third-order valence-corrected chi connectivity index (χ3v) is 4.33. The zero-order valence-electron chi connectivity index (χ0n) is 12.5. The summed E-state index contributed by atoms with van der Waals surface area (Å²) >= 11 is 0. The molecule has 0 saturated carbocycles. The summed E-state index contributed by atoms with van der Waals surface area (Å²) in [6.07, 6.45) is 4.62. The first-order valence-electron chi connectivity index (χ1n) is 7.87. The molecule has 110 valence electrons. The Morgan fingerprint density at radius 2 is 1.95 bits per heavy atom. The molecule has 1 aliphatic heterocycles. The fraction of sp³-hybridized carbons (Fsp3) is 0.368. The second-order valence-corrected chi connectivity index (χ2v) is 5.90. The lowest BCUT2D eigenvalue weighted by atomic mass is 9.85. The Hall–Kier alpha value is -1.67. The molecule has 2 aromatic carbocycles. The molecule has 0 unspecified atom stereocenters. The van der Waals surface area contributed by atoms with E-state index >= 15 is 0 Å². The molecule has 0 fully saturated rings. The van der Waals surface area contributed by atoms with E-state index in [-0.39, 0.29) is 11.9 Å². The van der Waals surface area contributed by atoms with Crippen molar-refractivity contribution in [3.63, 3.8) is 0 Å². The van der Waals surface area contributed by atoms with Gasteiger partial charge >= 0.3 is 0 Å². The van der Waals surface area contributed by atoms with E-state index in [1.807, 2.05) is 24.3 Å². The van der Waals surface area contributed by atoms with Crippen molar-refractivity contribution in [2.45, 2.75) is 44.7 Å². The Bertz CT molecular complexity index is 594. The van der Waals surface area contributed by atoms with E-state index in [4.69, 9.17) is 0 Å². The van der Waals surface area contributed by atoms with Crippen molar-refractivity contribution in [2.24, 2.45) is 0 Å². The summed E-state index contributed by atoms with van der Waals surface area (Å²) in [5.74, 6) is -0.150. The van der Waals surface area contributed by atoms with Crippen LogP contribution in [0.25, 0.3) is 0 Å². The Balaban J connectivity index is 1.95. The first-order valence-corrected chi connectivity index (χ1v) is 7.87. The minimum Gasteiger partial charge on any atom is -0.303 e. The molecule has 1 nitrogen and oxygen atoms in total. The van der Waals surface area contributed by atoms with Crippen molar-refractivity contribution in [3.8, 4) is 0 Å². The summed E-state index contributed by atoms with van der Waals surface area (Å²) in [5, 5.41) is 3.72. The summed E-state index contributed by atoms with van der Waals surface area (Å²) in [5.41, 5.74) is 3.59. The Morgan fingerprint density at radius 1 is 1.14 bits per heavy atom. The summed E-state index contributed by atoms with van der Waals surface area (Å²) < 4.78 is 13.7. The summed E-state index contributed by atoms with van der Waals surface area (Å²) in [6, 6.07) is 16.2. The van der Waals surface area contributed by atoms with Crippen LogP contribution in [0.1, 0.15) is 48.9 Å². The van der Waals surface area contributed by atoms with Crippen LogP contribution in [0.15, 0.2) is 48.5 Å². The number of halogens is 1. The summed E-state index contributed by atoms with van der Waals surface area (Å²) in [4.78, 5) is 0. The Kier molecular flexibility index (Phi) is 4.35. The summed E-state index contributed by atoms with van der Waals surface area (Å²) in [7, 11) is 0. The average molecular weight is 283 g/mol. The topological polar surface area (TPSA) is 12.0 Å². The predicted molar refractivity (Wildman–Crippen MR) is 84.8 cm³/mol. The molecule has 0 aliphatic carbocycles. The molecule has 1 heterocycles. The van der Waals surface area contributed by atoms with Gasteiger partial charge in [0.2, 0.25) is 0 Å². The van der Waals surface area contributed by atoms with Gasteiger partial charge in [-0.2, -0.15) is 0 Å². The average Bonchev–Trinajstić information content (AvgIpc) is 2.53. The van der Waals surface area contributed by atoms with E-state index in [1.54, 1.807) is 12.1 Å². The first kappa shape index (κ1) is 14.3. The van der Waals surface area contributed by atoms with Crippen LogP contribution in [0.5, 0.6) is 0 Å². The van der Waals surface area contributed by atoms with Crippen molar-refractivity contribution in [2.75, 3.05) is 0 Å². The lowest BCUT2D eigenvalue weighted by Crippen LogP contribution is -2.40. The Labute approximate surface area is 126 Å². The largest absolute Gasteiger partial charge is 0.303 e. The molecule has 0 spiro atoms. The number of hydrogen-bond acceptors (Lipinski definition) is 1. The van der Waals surface area contributed by atoms with Gasteiger partial charge in [0, 0.05) is 6.04 Å². The lowest BCUT2D eigenvalue weighted by molar-refractivity contribution is 0.404. The molecule has 0 radical (unpaired) electrons. The van der Waals surface area contributed by atoms with Crippen LogP contribution in [0.3, 0.4) is 0 Å². The van der Waals surface area contributed by atoms with Gasteiger partial charge in [-0.25, -0.2) is 4.39 Å². The molecule has 0 bridgehead atoms. The summed E-state index contributed by atoms with van der Waals surface area (Å²) in [6.45, 7) is 2.22. The first-order chi connectivity index (χ1) is 10.3. The molecule has 1 N–H and O–H groups in total. The second kappa shape index (κ2) is 6.40. The minimum atomic E-state index is -0.150. The van der Waals surface area contributed by atoms with E-state index in [1.165, 1.54) is 30.4 Å². The molecule has 0 saturated heterocycles. The van der Waals surface area contributed by atoms with Crippen molar-refractivity contribution in [1.29, 1.82) is 0 Å². The molecule has 3 rings (SSSR count). The molecule has 0 aromatic heterocycles. The second-order valence-electron chi connectivity index (χ2n) is 5.90. The van der Waals surface area contributed by atoms with Gasteiger partial charge in [-0.15, -0.1) is 0 Å². The third kappa shape index (κ3) is 3.16. The molecular formula is C19H22FN. The maximum absolute atomic E-state index is 13.7. The maximum atomic E-state index is 13.7. The molecule has 2 aromatic rings. The molecular weight excluding hydrogens is 261 g/mol. The molecule has 0 amide bonds. The van der Waals surface area contributed by atoms with Gasteiger partial charge in [0.25, 0.3) is 0 Å². The molecule has 2 heteroatoms. The lowest BCUT2D eigenvalue weighted by Gasteiger charge is -2.34. The van der Waals surface area contributed by atoms with Crippen LogP contribution in [-0.4, -0.2) is 6.04 Å². The van der Waals surface area contributed by atoms with Gasteiger partial charge in [-0.3, -0.25) is 0 Å². The fourth-order valence-electron chi connectivity index (χ4n) is 3.23. The molecule has 21 heavy (non-hydrogen) atoms. The Morgan fingerprint density at radius 3 is 2.71 bits per heavy atom. The highest BCUT2D eigenvalue weighted by Gasteiger charge is 2.27. The van der Waals surface area contributed by atoms with E-state index in [0.29, 0.717) is 6.04 Å². The highest BCUT2D eigenvalue weighted by molar-refractivity contribution is 5.40. The number of hydrogen-bond donors (Lipinski definition) is 1. The molecule has 2 atom stereocenters. The van der Waals surface area contributed by atoms with Gasteiger partial charge in [0.1, 0.15) is 5.82 Å². The van der Waals surface area contributed by atoms with Crippen LogP contribution < -0.4 is 5.32 Å². The van der Waals surface area contributed by atoms with Crippen molar-refractivity contribution >= 4 is 0 Å². The number of nitrogens with one attached hydrogen (secondary N) is 1. The van der Waals surface area contributed by atoms with E-state index in [9.17, 15) is 4.39 Å². The van der Waals surface area contributed by atoms with Crippen LogP contribution in [-0.2, 0) is 6.42 Å². The minimum absolute atomic E-state index is 0.104. The quantitative estimate of drug-likeness (QED) is 0.863. The highest BCUT2D eigenvalue weighted by atomic mass is 19.1. The number of benzene rings is 2. The van der Waals surface area contributed by atoms with Crippen molar-refractivity contribution < 1.29 is 4.39 Å².